The number of rotatable bonds is 5. The summed E-state index contributed by atoms with van der Waals surface area (Å²) >= 11 is 0. The minimum atomic E-state index is -4.16. The fourth-order valence-corrected chi connectivity index (χ4v) is 7.78. The molecule has 252 valence electrons. The molecule has 4 aromatic rings. The first-order valence-electron chi connectivity index (χ1n) is 16.7. The molecule has 48 heavy (non-hydrogen) atoms. The Labute approximate surface area is 283 Å². The Morgan fingerprint density at radius 3 is 2.31 bits per heavy atom. The molecule has 1 saturated carbocycles. The summed E-state index contributed by atoms with van der Waals surface area (Å²) in [4.78, 5) is 34.6. The third kappa shape index (κ3) is 7.67. The largest absolute Gasteiger partial charge is 0.475 e. The van der Waals surface area contributed by atoms with Gasteiger partial charge in [0.15, 0.2) is 0 Å². The number of benzene rings is 2. The van der Waals surface area contributed by atoms with Gasteiger partial charge in [0.2, 0.25) is 11.8 Å². The van der Waals surface area contributed by atoms with Gasteiger partial charge in [0.05, 0.1) is 23.2 Å². The molecule has 2 aromatic carbocycles. The lowest BCUT2D eigenvalue weighted by Crippen LogP contribution is -2.45. The molecule has 1 aliphatic carbocycles. The van der Waals surface area contributed by atoms with E-state index in [9.17, 15) is 13.2 Å². The zero-order valence-electron chi connectivity index (χ0n) is 28.4. The predicted octanol–water partition coefficient (Wildman–Crippen LogP) is 7.24. The van der Waals surface area contributed by atoms with Crippen molar-refractivity contribution in [2.45, 2.75) is 96.5 Å². The Balaban J connectivity index is 1.43. The van der Waals surface area contributed by atoms with E-state index in [0.717, 1.165) is 35.1 Å². The predicted molar refractivity (Wildman–Crippen MR) is 185 cm³/mol. The average molecular weight is 669 g/mol. The van der Waals surface area contributed by atoms with Crippen molar-refractivity contribution in [2.75, 3.05) is 11.3 Å². The molecule has 1 aliphatic heterocycles. The summed E-state index contributed by atoms with van der Waals surface area (Å²) in [6.07, 6.45) is 10.4. The molecule has 4 bridgehead atoms. The van der Waals surface area contributed by atoms with Crippen molar-refractivity contribution in [1.82, 2.24) is 24.8 Å². The normalized spacial score (nSPS) is 18.6. The van der Waals surface area contributed by atoms with Gasteiger partial charge in [-0.1, -0.05) is 64.3 Å². The zero-order chi connectivity index (χ0) is 34.1. The molecule has 1 atom stereocenters. The zero-order valence-corrected chi connectivity index (χ0v) is 29.2. The van der Waals surface area contributed by atoms with Crippen LogP contribution in [0.5, 0.6) is 5.88 Å². The van der Waals surface area contributed by atoms with Crippen molar-refractivity contribution < 1.29 is 17.9 Å². The van der Waals surface area contributed by atoms with Crippen LogP contribution in [-0.4, -0.2) is 51.8 Å². The van der Waals surface area contributed by atoms with Crippen molar-refractivity contribution in [1.29, 1.82) is 0 Å². The number of aryl methyl sites for hydroxylation is 2. The maximum Gasteiger partial charge on any atom is 0.264 e. The standard InChI is InChI=1S/C37H44N6O4S/c1-24-11-9-12-25(2)34(24)31-18-33-41-36(40-31)42-48(45,46)30-16-10-15-27(17-30)35(44)43(29(23-47-33)19-37(3,4)5)22-32-38-20-28(21-39-32)26-13-7-6-8-14-26/h9-12,15-18,20-21,26,29H,6-8,13-14,19,22-23H2,1-5H3,(H,40,41,42)/t29-/m1/s1. The number of nitrogens with zero attached hydrogens (tertiary/aromatic N) is 5. The number of anilines is 1. The molecule has 0 radical (unpaired) electrons. The maximum absolute atomic E-state index is 14.4. The molecule has 1 fully saturated rings. The van der Waals surface area contributed by atoms with Gasteiger partial charge in [-0.05, 0) is 79.3 Å². The van der Waals surface area contributed by atoms with Gasteiger partial charge in [0, 0.05) is 29.6 Å². The molecule has 0 saturated heterocycles. The number of fused-ring (bicyclic) bond motifs is 4. The molecule has 10 nitrogen and oxygen atoms in total. The highest BCUT2D eigenvalue weighted by atomic mass is 32.2. The van der Waals surface area contributed by atoms with E-state index in [1.54, 1.807) is 23.1 Å². The minimum absolute atomic E-state index is 0.0726. The van der Waals surface area contributed by atoms with Gasteiger partial charge in [-0.2, -0.15) is 4.98 Å². The second-order valence-electron chi connectivity index (χ2n) is 14.2. The van der Waals surface area contributed by atoms with Crippen LogP contribution in [0.15, 0.2) is 65.8 Å². The van der Waals surface area contributed by atoms with E-state index in [1.807, 2.05) is 44.4 Å². The summed E-state index contributed by atoms with van der Waals surface area (Å²) in [5.41, 5.74) is 4.55. The van der Waals surface area contributed by atoms with E-state index in [1.165, 1.54) is 31.4 Å². The lowest BCUT2D eigenvalue weighted by Gasteiger charge is -2.35. The highest BCUT2D eigenvalue weighted by Crippen LogP contribution is 2.33. The number of carbonyl (C=O) groups excluding carboxylic acids is 1. The first kappa shape index (κ1) is 33.5. The molecule has 1 amide bonds. The van der Waals surface area contributed by atoms with Gasteiger partial charge in [-0.15, -0.1) is 0 Å². The molecule has 2 aliphatic rings. The minimum Gasteiger partial charge on any atom is -0.475 e. The highest BCUT2D eigenvalue weighted by molar-refractivity contribution is 7.92. The average Bonchev–Trinajstić information content (AvgIpc) is 3.05. The summed E-state index contributed by atoms with van der Waals surface area (Å²) in [6.45, 7) is 10.6. The molecule has 0 spiro atoms. The SMILES string of the molecule is Cc1cccc(C)c1-c1cc2nc(n1)NS(=O)(=O)c1cccc(c1)C(=O)N(Cc1ncc(C3CCCCC3)cn1)[C@H](CC(C)(C)C)CO2. The molecule has 1 N–H and O–H groups in total. The lowest BCUT2D eigenvalue weighted by molar-refractivity contribution is 0.0505. The van der Waals surface area contributed by atoms with E-state index in [-0.39, 0.29) is 46.8 Å². The summed E-state index contributed by atoms with van der Waals surface area (Å²) in [5.74, 6) is 0.727. The molecule has 11 heteroatoms. The van der Waals surface area contributed by atoms with E-state index < -0.39 is 16.1 Å². The van der Waals surface area contributed by atoms with Crippen molar-refractivity contribution in [3.63, 3.8) is 0 Å². The summed E-state index contributed by atoms with van der Waals surface area (Å²) in [5, 5.41) is 0. The van der Waals surface area contributed by atoms with Gasteiger partial charge in [-0.25, -0.2) is 28.1 Å². The lowest BCUT2D eigenvalue weighted by atomic mass is 9.85. The van der Waals surface area contributed by atoms with Crippen LogP contribution in [0, 0.1) is 19.3 Å². The Hall–Kier alpha value is -4.38. The van der Waals surface area contributed by atoms with Gasteiger partial charge >= 0.3 is 0 Å². The fourth-order valence-electron chi connectivity index (χ4n) is 6.79. The van der Waals surface area contributed by atoms with Gasteiger partial charge in [-0.3, -0.25) is 4.79 Å². The van der Waals surface area contributed by atoms with Crippen molar-refractivity contribution in [2.24, 2.45) is 5.41 Å². The van der Waals surface area contributed by atoms with Crippen LogP contribution in [0.25, 0.3) is 11.3 Å². The molecular formula is C37H44N6O4S. The third-order valence-electron chi connectivity index (χ3n) is 9.14. The van der Waals surface area contributed by atoms with Crippen molar-refractivity contribution in [3.05, 3.63) is 89.0 Å². The van der Waals surface area contributed by atoms with Crippen molar-refractivity contribution in [3.8, 4) is 17.1 Å². The quantitative estimate of drug-likeness (QED) is 0.236. The Kier molecular flexibility index (Phi) is 9.51. The summed E-state index contributed by atoms with van der Waals surface area (Å²) in [7, 11) is -4.16. The monoisotopic (exact) mass is 668 g/mol. The smallest absolute Gasteiger partial charge is 0.264 e. The van der Waals surface area contributed by atoms with Crippen LogP contribution in [0.4, 0.5) is 5.95 Å². The van der Waals surface area contributed by atoms with Crippen LogP contribution in [-0.2, 0) is 16.6 Å². The number of carbonyl (C=O) groups is 1. The molecule has 3 heterocycles. The fraction of sp³-hybridized carbons (Fsp3) is 0.432. The van der Waals surface area contributed by atoms with Crippen LogP contribution in [0.2, 0.25) is 0 Å². The number of ether oxygens (including phenoxy) is 1. The second-order valence-corrected chi connectivity index (χ2v) is 15.9. The van der Waals surface area contributed by atoms with Crippen molar-refractivity contribution >= 4 is 21.9 Å². The first-order valence-corrected chi connectivity index (χ1v) is 18.2. The number of hydrogen-bond donors (Lipinski definition) is 1. The van der Waals surface area contributed by atoms with E-state index in [0.29, 0.717) is 23.9 Å². The number of amides is 1. The second kappa shape index (κ2) is 13.6. The van der Waals surface area contributed by atoms with Gasteiger partial charge in [0.1, 0.15) is 12.4 Å². The van der Waals surface area contributed by atoms with Crippen LogP contribution >= 0.6 is 0 Å². The number of hydrogen-bond acceptors (Lipinski definition) is 8. The van der Waals surface area contributed by atoms with Crippen LogP contribution in [0.3, 0.4) is 0 Å². The maximum atomic E-state index is 14.4. The molecule has 0 unspecified atom stereocenters. The topological polar surface area (TPSA) is 127 Å². The summed E-state index contributed by atoms with van der Waals surface area (Å²) < 4.78 is 36.3. The molecular weight excluding hydrogens is 625 g/mol. The Bertz CT molecular complexity index is 1880. The van der Waals surface area contributed by atoms with Gasteiger partial charge in [0.25, 0.3) is 15.9 Å². The number of sulfonamides is 1. The highest BCUT2D eigenvalue weighted by Gasteiger charge is 2.32. The van der Waals surface area contributed by atoms with Crippen LogP contribution in [0.1, 0.15) is 98.1 Å². The Morgan fingerprint density at radius 1 is 0.938 bits per heavy atom. The third-order valence-corrected chi connectivity index (χ3v) is 10.5. The van der Waals surface area contributed by atoms with E-state index in [4.69, 9.17) is 14.7 Å². The number of nitrogens with one attached hydrogen (secondary N) is 1. The number of aromatic nitrogens is 4. The summed E-state index contributed by atoms with van der Waals surface area (Å²) in [6, 6.07) is 13.3. The van der Waals surface area contributed by atoms with Crippen LogP contribution < -0.4 is 9.46 Å². The molecule has 6 rings (SSSR count). The van der Waals surface area contributed by atoms with E-state index in [2.05, 4.69) is 35.5 Å². The molecule has 2 aromatic heterocycles. The first-order chi connectivity index (χ1) is 22.9. The Morgan fingerprint density at radius 2 is 1.62 bits per heavy atom. The van der Waals surface area contributed by atoms with Gasteiger partial charge < -0.3 is 9.64 Å². The van der Waals surface area contributed by atoms with E-state index >= 15 is 0 Å².